The second-order valence-electron chi connectivity index (χ2n) is 5.91. The second-order valence-corrected chi connectivity index (χ2v) is 6.73. The highest BCUT2D eigenvalue weighted by Gasteiger charge is 2.28. The van der Waals surface area contributed by atoms with E-state index in [1.165, 1.54) is 7.11 Å². The second kappa shape index (κ2) is 8.50. The van der Waals surface area contributed by atoms with Crippen LogP contribution in [0, 0.1) is 0 Å². The van der Waals surface area contributed by atoms with Crippen molar-refractivity contribution in [2.75, 3.05) is 12.4 Å². The molecule has 2 aromatic rings. The number of methoxy groups -OCH3 is 1. The Morgan fingerprint density at radius 1 is 1.22 bits per heavy atom. The Balaban J connectivity index is 1.66. The topological polar surface area (TPSA) is 73.9 Å². The van der Waals surface area contributed by atoms with Crippen LogP contribution >= 0.6 is 23.2 Å². The molecule has 1 aliphatic heterocycles. The number of anilines is 1. The molecule has 3 rings (SSSR count). The zero-order chi connectivity index (χ0) is 19.4. The van der Waals surface area contributed by atoms with Crippen molar-refractivity contribution in [2.24, 2.45) is 0 Å². The zero-order valence-electron chi connectivity index (χ0n) is 14.5. The highest BCUT2D eigenvalue weighted by atomic mass is 35.5. The van der Waals surface area contributed by atoms with E-state index in [-0.39, 0.29) is 6.61 Å². The van der Waals surface area contributed by atoms with Gasteiger partial charge in [-0.05, 0) is 42.2 Å². The molecule has 0 aromatic heterocycles. The summed E-state index contributed by atoms with van der Waals surface area (Å²) in [7, 11) is 1.31. The summed E-state index contributed by atoms with van der Waals surface area (Å²) < 4.78 is 15.7. The van der Waals surface area contributed by atoms with Gasteiger partial charge < -0.3 is 14.2 Å². The maximum absolute atomic E-state index is 12.2. The number of fused-ring (bicyclic) bond motifs is 1. The van der Waals surface area contributed by atoms with Gasteiger partial charge in [-0.25, -0.2) is 9.59 Å². The first-order valence-electron chi connectivity index (χ1n) is 8.22. The van der Waals surface area contributed by atoms with Crippen LogP contribution in [0.3, 0.4) is 0 Å². The fraction of sp³-hybridized carbons (Fsp3) is 0.263. The van der Waals surface area contributed by atoms with Gasteiger partial charge in [-0.3, -0.25) is 5.32 Å². The predicted molar refractivity (Wildman–Crippen MR) is 101 cm³/mol. The van der Waals surface area contributed by atoms with E-state index in [2.05, 4.69) is 5.32 Å². The highest BCUT2D eigenvalue weighted by molar-refractivity contribution is 6.42. The molecular formula is C19H17Cl2NO5. The predicted octanol–water partition coefficient (Wildman–Crippen LogP) is 4.61. The van der Waals surface area contributed by atoms with Gasteiger partial charge in [-0.15, -0.1) is 0 Å². The summed E-state index contributed by atoms with van der Waals surface area (Å²) in [5, 5.41) is 3.46. The normalized spacial score (nSPS) is 15.3. The van der Waals surface area contributed by atoms with Gasteiger partial charge in [-0.1, -0.05) is 41.4 Å². The van der Waals surface area contributed by atoms with Crippen molar-refractivity contribution in [3.05, 3.63) is 57.6 Å². The first kappa shape index (κ1) is 19.3. The van der Waals surface area contributed by atoms with Crippen LogP contribution in [0.25, 0.3) is 0 Å². The summed E-state index contributed by atoms with van der Waals surface area (Å²) in [5.41, 5.74) is 2.04. The van der Waals surface area contributed by atoms with Crippen LogP contribution in [-0.4, -0.2) is 25.3 Å². The number of aryl methyl sites for hydroxylation is 1. The molecule has 1 aliphatic rings. The Hall–Kier alpha value is -2.44. The van der Waals surface area contributed by atoms with Crippen LogP contribution in [-0.2, 0) is 27.3 Å². The van der Waals surface area contributed by atoms with Crippen molar-refractivity contribution in [2.45, 2.75) is 25.6 Å². The van der Waals surface area contributed by atoms with Crippen molar-refractivity contribution in [3.8, 4) is 5.75 Å². The van der Waals surface area contributed by atoms with E-state index in [0.717, 1.165) is 5.56 Å². The third kappa shape index (κ3) is 4.64. The number of benzene rings is 2. The van der Waals surface area contributed by atoms with Crippen LogP contribution in [0.1, 0.15) is 17.5 Å². The average Bonchev–Trinajstić information content (AvgIpc) is 2.68. The molecule has 27 heavy (non-hydrogen) atoms. The van der Waals surface area contributed by atoms with Crippen molar-refractivity contribution in [1.29, 1.82) is 0 Å². The number of nitrogens with one attached hydrogen (secondary N) is 1. The summed E-state index contributed by atoms with van der Waals surface area (Å²) in [4.78, 5) is 23.9. The fourth-order valence-electron chi connectivity index (χ4n) is 2.73. The number of esters is 1. The van der Waals surface area contributed by atoms with Crippen LogP contribution < -0.4 is 10.1 Å². The number of halogens is 2. The summed E-state index contributed by atoms with van der Waals surface area (Å²) in [5.74, 6) is 0.00304. The van der Waals surface area contributed by atoms with Crippen LogP contribution in [0.2, 0.25) is 10.0 Å². The Bertz CT molecular complexity index is 871. The lowest BCUT2D eigenvalue weighted by Gasteiger charge is -2.26. The molecule has 0 spiro atoms. The molecule has 2 aromatic carbocycles. The summed E-state index contributed by atoms with van der Waals surface area (Å²) in [6.07, 6.45) is -0.190. The number of amides is 1. The lowest BCUT2D eigenvalue weighted by molar-refractivity contribution is -0.149. The van der Waals surface area contributed by atoms with Gasteiger partial charge in [0, 0.05) is 0 Å². The first-order chi connectivity index (χ1) is 13.0. The highest BCUT2D eigenvalue weighted by Crippen LogP contribution is 2.35. The van der Waals surface area contributed by atoms with E-state index >= 15 is 0 Å². The fourth-order valence-corrected chi connectivity index (χ4v) is 3.05. The Morgan fingerprint density at radius 2 is 2.04 bits per heavy atom. The zero-order valence-corrected chi connectivity index (χ0v) is 16.0. The summed E-state index contributed by atoms with van der Waals surface area (Å²) in [6.45, 7) is 0.0311. The number of rotatable bonds is 4. The van der Waals surface area contributed by atoms with Crippen molar-refractivity contribution < 1.29 is 23.8 Å². The summed E-state index contributed by atoms with van der Waals surface area (Å²) >= 11 is 11.8. The minimum Gasteiger partial charge on any atom is -0.476 e. The van der Waals surface area contributed by atoms with Gasteiger partial charge in [0.2, 0.25) is 0 Å². The van der Waals surface area contributed by atoms with Gasteiger partial charge in [0.05, 0.1) is 22.8 Å². The molecule has 1 atom stereocenters. The number of carbonyl (C=O) groups is 2. The van der Waals surface area contributed by atoms with Crippen molar-refractivity contribution in [3.63, 3.8) is 0 Å². The van der Waals surface area contributed by atoms with E-state index in [1.807, 2.05) is 6.07 Å². The molecule has 6 nitrogen and oxygen atoms in total. The molecule has 0 unspecified atom stereocenters. The number of para-hydroxylation sites is 1. The van der Waals surface area contributed by atoms with Gasteiger partial charge in [-0.2, -0.15) is 0 Å². The average molecular weight is 410 g/mol. The summed E-state index contributed by atoms with van der Waals surface area (Å²) in [6, 6.07) is 10.3. The molecular weight excluding hydrogens is 393 g/mol. The van der Waals surface area contributed by atoms with E-state index in [1.54, 1.807) is 30.3 Å². The monoisotopic (exact) mass is 409 g/mol. The number of ether oxygens (including phenoxy) is 3. The quantitative estimate of drug-likeness (QED) is 0.746. The molecule has 1 N–H and O–H groups in total. The van der Waals surface area contributed by atoms with Gasteiger partial charge in [0.15, 0.2) is 6.10 Å². The third-order valence-electron chi connectivity index (χ3n) is 4.09. The number of carbonyl (C=O) groups excluding carboxylic acids is 2. The molecule has 0 saturated heterocycles. The van der Waals surface area contributed by atoms with Crippen LogP contribution in [0.4, 0.5) is 10.5 Å². The largest absolute Gasteiger partial charge is 0.476 e. The molecule has 1 heterocycles. The first-order valence-corrected chi connectivity index (χ1v) is 8.97. The lowest BCUT2D eigenvalue weighted by Crippen LogP contribution is -2.32. The smallest absolute Gasteiger partial charge is 0.412 e. The van der Waals surface area contributed by atoms with Crippen molar-refractivity contribution >= 4 is 41.0 Å². The van der Waals surface area contributed by atoms with Crippen LogP contribution in [0.15, 0.2) is 36.4 Å². The molecule has 142 valence electrons. The molecule has 0 saturated carbocycles. The number of hydrogen-bond donors (Lipinski definition) is 1. The van der Waals surface area contributed by atoms with Gasteiger partial charge >= 0.3 is 12.1 Å². The van der Waals surface area contributed by atoms with E-state index in [4.69, 9.17) is 37.4 Å². The molecule has 0 aliphatic carbocycles. The minimum absolute atomic E-state index is 0.0311. The van der Waals surface area contributed by atoms with E-state index in [0.29, 0.717) is 39.9 Å². The van der Waals surface area contributed by atoms with Crippen molar-refractivity contribution in [1.82, 2.24) is 0 Å². The molecule has 8 heteroatoms. The maximum Gasteiger partial charge on any atom is 0.412 e. The molecule has 1 amide bonds. The van der Waals surface area contributed by atoms with E-state index in [9.17, 15) is 9.59 Å². The Labute approximate surface area is 166 Å². The van der Waals surface area contributed by atoms with E-state index < -0.39 is 18.2 Å². The molecule has 0 bridgehead atoms. The molecule has 0 radical (unpaired) electrons. The van der Waals surface area contributed by atoms with Gasteiger partial charge in [0.25, 0.3) is 0 Å². The van der Waals surface area contributed by atoms with Crippen LogP contribution in [0.5, 0.6) is 5.75 Å². The lowest BCUT2D eigenvalue weighted by atomic mass is 10.0. The Kier molecular flexibility index (Phi) is 6.08. The maximum atomic E-state index is 12.2. The minimum atomic E-state index is -0.697. The number of hydrogen-bond acceptors (Lipinski definition) is 5. The Morgan fingerprint density at radius 3 is 2.78 bits per heavy atom. The van der Waals surface area contributed by atoms with Gasteiger partial charge in [0.1, 0.15) is 12.4 Å². The SMILES string of the molecule is COC(=O)[C@@H]1CCc2cccc(NC(=O)OCc3ccc(Cl)c(Cl)c3)c2O1. The standard InChI is InChI=1S/C19H17Cl2NO5/c1-25-18(23)16-8-6-12-3-2-4-15(17(12)27-16)22-19(24)26-10-11-5-7-13(20)14(21)9-11/h2-5,7,9,16H,6,8,10H2,1H3,(H,22,24)/t16-/m0/s1. The molecule has 0 fully saturated rings. The third-order valence-corrected chi connectivity index (χ3v) is 4.83.